The molecule has 1 aromatic heterocycles. The van der Waals surface area contributed by atoms with Crippen molar-refractivity contribution in [2.45, 2.75) is 52.7 Å². The van der Waals surface area contributed by atoms with Gasteiger partial charge in [0.2, 0.25) is 5.91 Å². The van der Waals surface area contributed by atoms with E-state index in [1.165, 1.54) is 12.5 Å². The van der Waals surface area contributed by atoms with E-state index < -0.39 is 5.82 Å². The van der Waals surface area contributed by atoms with Crippen molar-refractivity contribution in [2.24, 2.45) is 17.8 Å². The quantitative estimate of drug-likeness (QED) is 0.775. The number of amides is 1. The van der Waals surface area contributed by atoms with Crippen LogP contribution in [0, 0.1) is 23.6 Å². The van der Waals surface area contributed by atoms with Crippen LogP contribution in [0.4, 0.5) is 4.39 Å². The fourth-order valence-electron chi connectivity index (χ4n) is 3.79. The van der Waals surface area contributed by atoms with Crippen molar-refractivity contribution in [3.63, 3.8) is 0 Å². The molecule has 1 fully saturated rings. The third-order valence-electron chi connectivity index (χ3n) is 5.41. The average molecular weight is 389 g/mol. The van der Waals surface area contributed by atoms with Gasteiger partial charge in [-0.1, -0.05) is 44.5 Å². The van der Waals surface area contributed by atoms with Crippen LogP contribution in [0.1, 0.15) is 45.9 Å². The molecule has 2 aromatic rings. The van der Waals surface area contributed by atoms with E-state index in [-0.39, 0.29) is 42.4 Å². The number of carbonyl (C=O) groups excluding carboxylic acids is 1. The van der Waals surface area contributed by atoms with Crippen LogP contribution < -0.4 is 5.32 Å². The van der Waals surface area contributed by atoms with Crippen molar-refractivity contribution in [3.05, 3.63) is 35.9 Å². The molecule has 28 heavy (non-hydrogen) atoms. The van der Waals surface area contributed by atoms with Gasteiger partial charge in [0.15, 0.2) is 5.82 Å². The molecule has 1 aromatic carbocycles. The minimum atomic E-state index is -0.434. The van der Waals surface area contributed by atoms with E-state index in [1.54, 1.807) is 18.2 Å². The summed E-state index contributed by atoms with van der Waals surface area (Å²) < 4.78 is 24.8. The lowest BCUT2D eigenvalue weighted by Gasteiger charge is -2.37. The number of aromatic nitrogens is 2. The summed E-state index contributed by atoms with van der Waals surface area (Å²) in [4.78, 5) is 16.3. The first-order valence-electron chi connectivity index (χ1n) is 9.89. The molecular weight excluding hydrogens is 361 g/mol. The summed E-state index contributed by atoms with van der Waals surface area (Å²) in [6, 6.07) is 6.18. The Bertz CT molecular complexity index is 793. The fourth-order valence-corrected chi connectivity index (χ4v) is 3.79. The number of carbonyl (C=O) groups is 1. The van der Waals surface area contributed by atoms with Gasteiger partial charge in [0.05, 0.1) is 18.2 Å². The molecule has 7 heteroatoms. The van der Waals surface area contributed by atoms with Gasteiger partial charge in [-0.25, -0.2) is 4.39 Å². The van der Waals surface area contributed by atoms with Gasteiger partial charge in [-0.3, -0.25) is 4.79 Å². The summed E-state index contributed by atoms with van der Waals surface area (Å²) in [7, 11) is 0. The molecule has 0 saturated heterocycles. The molecule has 0 aliphatic heterocycles. The summed E-state index contributed by atoms with van der Waals surface area (Å²) in [5.41, 5.74) is 0.238. The molecule has 0 spiro atoms. The standard InChI is InChI=1S/C21H28FN3O3/c1-13(2)15-9-8-14(3)10-18(15)27-12-20(26)23-11-19-24-21(28-25-19)16-6-4-5-7-17(16)22/h4-7,13-15,18H,8-12H2,1-3H3,(H,23,26). The van der Waals surface area contributed by atoms with Gasteiger partial charge in [0, 0.05) is 0 Å². The Morgan fingerprint density at radius 2 is 2.14 bits per heavy atom. The van der Waals surface area contributed by atoms with Crippen molar-refractivity contribution in [1.82, 2.24) is 15.5 Å². The van der Waals surface area contributed by atoms with E-state index in [0.717, 1.165) is 12.8 Å². The summed E-state index contributed by atoms with van der Waals surface area (Å²) in [6.07, 6.45) is 3.48. The van der Waals surface area contributed by atoms with Crippen LogP contribution in [-0.2, 0) is 16.1 Å². The maximum Gasteiger partial charge on any atom is 0.260 e. The Kier molecular flexibility index (Phi) is 6.78. The molecule has 152 valence electrons. The Morgan fingerprint density at radius 1 is 1.36 bits per heavy atom. The smallest absolute Gasteiger partial charge is 0.260 e. The Hall–Kier alpha value is -2.28. The molecular formula is C21H28FN3O3. The van der Waals surface area contributed by atoms with Crippen molar-refractivity contribution in [2.75, 3.05) is 6.61 Å². The zero-order chi connectivity index (χ0) is 20.1. The van der Waals surface area contributed by atoms with Gasteiger partial charge in [0.25, 0.3) is 5.89 Å². The predicted octanol–water partition coefficient (Wildman–Crippen LogP) is 3.97. The van der Waals surface area contributed by atoms with Crippen LogP contribution in [0.25, 0.3) is 11.5 Å². The summed E-state index contributed by atoms with van der Waals surface area (Å²) >= 11 is 0. The van der Waals surface area contributed by atoms with E-state index in [0.29, 0.717) is 17.8 Å². The second-order valence-electron chi connectivity index (χ2n) is 7.95. The van der Waals surface area contributed by atoms with Crippen molar-refractivity contribution >= 4 is 5.91 Å². The first-order valence-corrected chi connectivity index (χ1v) is 9.89. The van der Waals surface area contributed by atoms with Crippen LogP contribution in [0.15, 0.2) is 28.8 Å². The van der Waals surface area contributed by atoms with Gasteiger partial charge in [-0.05, 0) is 42.7 Å². The summed E-state index contributed by atoms with van der Waals surface area (Å²) in [5.74, 6) is 1.38. The van der Waals surface area contributed by atoms with E-state index >= 15 is 0 Å². The monoisotopic (exact) mass is 389 g/mol. The highest BCUT2D eigenvalue weighted by Crippen LogP contribution is 2.35. The van der Waals surface area contributed by atoms with Crippen LogP contribution in [0.3, 0.4) is 0 Å². The average Bonchev–Trinajstić information content (AvgIpc) is 3.13. The number of benzene rings is 1. The third kappa shape index (κ3) is 5.16. The van der Waals surface area contributed by atoms with Gasteiger partial charge in [0.1, 0.15) is 12.4 Å². The molecule has 1 aliphatic rings. The van der Waals surface area contributed by atoms with E-state index in [1.807, 2.05) is 0 Å². The molecule has 1 N–H and O–H groups in total. The van der Waals surface area contributed by atoms with Crippen LogP contribution in [0.5, 0.6) is 0 Å². The van der Waals surface area contributed by atoms with Gasteiger partial charge in [-0.15, -0.1) is 0 Å². The Balaban J connectivity index is 1.49. The first kappa shape index (κ1) is 20.5. The molecule has 1 saturated carbocycles. The molecule has 0 bridgehead atoms. The second-order valence-corrected chi connectivity index (χ2v) is 7.95. The molecule has 3 unspecified atom stereocenters. The van der Waals surface area contributed by atoms with E-state index in [2.05, 4.69) is 36.2 Å². The highest BCUT2D eigenvalue weighted by molar-refractivity contribution is 5.77. The third-order valence-corrected chi connectivity index (χ3v) is 5.41. The van der Waals surface area contributed by atoms with Crippen molar-refractivity contribution < 1.29 is 18.4 Å². The van der Waals surface area contributed by atoms with Crippen LogP contribution >= 0.6 is 0 Å². The molecule has 3 rings (SSSR count). The van der Waals surface area contributed by atoms with Gasteiger partial charge in [-0.2, -0.15) is 4.98 Å². The molecule has 3 atom stereocenters. The second kappa shape index (κ2) is 9.28. The van der Waals surface area contributed by atoms with Crippen molar-refractivity contribution in [1.29, 1.82) is 0 Å². The maximum absolute atomic E-state index is 13.8. The number of ether oxygens (including phenoxy) is 1. The number of hydrogen-bond donors (Lipinski definition) is 1. The Labute approximate surface area is 164 Å². The Morgan fingerprint density at radius 3 is 2.89 bits per heavy atom. The topological polar surface area (TPSA) is 77.2 Å². The molecule has 1 heterocycles. The minimum absolute atomic E-state index is 0.0125. The van der Waals surface area contributed by atoms with E-state index in [9.17, 15) is 9.18 Å². The number of nitrogens with zero attached hydrogens (tertiary/aromatic N) is 2. The minimum Gasteiger partial charge on any atom is -0.368 e. The lowest BCUT2D eigenvalue weighted by molar-refractivity contribution is -0.131. The lowest BCUT2D eigenvalue weighted by Crippen LogP contribution is -2.37. The highest BCUT2D eigenvalue weighted by atomic mass is 19.1. The van der Waals surface area contributed by atoms with Crippen molar-refractivity contribution in [3.8, 4) is 11.5 Å². The number of nitrogens with one attached hydrogen (secondary N) is 1. The normalized spacial score (nSPS) is 22.4. The summed E-state index contributed by atoms with van der Waals surface area (Å²) in [5, 5.41) is 6.52. The fraction of sp³-hybridized carbons (Fsp3) is 0.571. The lowest BCUT2D eigenvalue weighted by atomic mass is 9.75. The maximum atomic E-state index is 13.8. The van der Waals surface area contributed by atoms with E-state index in [4.69, 9.17) is 9.26 Å². The van der Waals surface area contributed by atoms with Gasteiger partial charge < -0.3 is 14.6 Å². The SMILES string of the molecule is CC1CCC(C(C)C)C(OCC(=O)NCc2noc(-c3ccccc3F)n2)C1. The zero-order valence-electron chi connectivity index (χ0n) is 16.7. The molecule has 6 nitrogen and oxygen atoms in total. The van der Waals surface area contributed by atoms with Crippen LogP contribution in [0.2, 0.25) is 0 Å². The molecule has 1 amide bonds. The number of hydrogen-bond acceptors (Lipinski definition) is 5. The summed E-state index contributed by atoms with van der Waals surface area (Å²) in [6.45, 7) is 6.77. The van der Waals surface area contributed by atoms with Gasteiger partial charge >= 0.3 is 0 Å². The zero-order valence-corrected chi connectivity index (χ0v) is 16.7. The van der Waals surface area contributed by atoms with Crippen LogP contribution in [-0.4, -0.2) is 28.8 Å². The number of halogens is 1. The predicted molar refractivity (Wildman–Crippen MR) is 103 cm³/mol. The highest BCUT2D eigenvalue weighted by Gasteiger charge is 2.31. The molecule has 1 aliphatic carbocycles. The molecule has 0 radical (unpaired) electrons. The number of rotatable bonds is 7. The largest absolute Gasteiger partial charge is 0.368 e. The first-order chi connectivity index (χ1) is 13.4.